The second kappa shape index (κ2) is 8.93. The van der Waals surface area contributed by atoms with Gasteiger partial charge in [0.15, 0.2) is 0 Å². The van der Waals surface area contributed by atoms with Crippen LogP contribution in [0, 0.1) is 0 Å². The quantitative estimate of drug-likeness (QED) is 0.853. The van der Waals surface area contributed by atoms with Crippen LogP contribution in [-0.4, -0.2) is 36.1 Å². The van der Waals surface area contributed by atoms with E-state index in [-0.39, 0.29) is 0 Å². The van der Waals surface area contributed by atoms with Crippen LogP contribution >= 0.6 is 0 Å². The molecule has 0 radical (unpaired) electrons. The third-order valence-corrected chi connectivity index (χ3v) is 2.68. The smallest absolute Gasteiger partial charge is 0.225 e. The Balaban J connectivity index is 0.000000317. The maximum Gasteiger partial charge on any atom is 0.225 e. The Morgan fingerprint density at radius 1 is 1.12 bits per heavy atom. The van der Waals surface area contributed by atoms with Gasteiger partial charge >= 0.3 is 0 Å². The fourth-order valence-electron chi connectivity index (χ4n) is 1.50. The summed E-state index contributed by atoms with van der Waals surface area (Å²) in [5.74, 6) is 0.853. The fraction of sp³-hybridized carbons (Fsp3) is 0.692. The highest BCUT2D eigenvalue weighted by Gasteiger charge is 2.10. The van der Waals surface area contributed by atoms with Crippen molar-refractivity contribution in [2.75, 3.05) is 31.1 Å². The first-order valence-electron chi connectivity index (χ1n) is 6.61. The molecule has 1 aliphatic rings. The number of hydrogen-bond donors (Lipinski definition) is 1. The lowest BCUT2D eigenvalue weighted by Gasteiger charge is -2.18. The molecule has 1 saturated heterocycles. The molecule has 2 heterocycles. The molecule has 1 N–H and O–H groups in total. The summed E-state index contributed by atoms with van der Waals surface area (Å²) in [5.41, 5.74) is 0. The third-order valence-electron chi connectivity index (χ3n) is 2.68. The van der Waals surface area contributed by atoms with Gasteiger partial charge < -0.3 is 10.2 Å². The van der Waals surface area contributed by atoms with Crippen molar-refractivity contribution in [2.45, 2.75) is 33.1 Å². The minimum Gasteiger partial charge on any atom is -0.340 e. The lowest BCUT2D eigenvalue weighted by molar-refractivity contribution is 0.724. The van der Waals surface area contributed by atoms with E-state index in [2.05, 4.69) is 34.0 Å². The monoisotopic (exact) mass is 236 g/mol. The van der Waals surface area contributed by atoms with Crippen LogP contribution in [0.5, 0.6) is 0 Å². The van der Waals surface area contributed by atoms with Gasteiger partial charge in [0, 0.05) is 32.0 Å². The van der Waals surface area contributed by atoms with E-state index in [0.717, 1.165) is 38.5 Å². The number of unbranched alkanes of at least 4 members (excludes halogenated alkanes) is 1. The van der Waals surface area contributed by atoms with Crippen molar-refractivity contribution in [3.05, 3.63) is 18.5 Å². The van der Waals surface area contributed by atoms with Gasteiger partial charge in [-0.1, -0.05) is 26.7 Å². The standard InChI is InChI=1S/C9H14N4.C4H10/c1-4-11-9(12-5-1)13-7-2-3-10-6-8-13;1-3-4-2/h1,4-5,10H,2-3,6-8H2;3-4H2,1-2H3. The van der Waals surface area contributed by atoms with Crippen LogP contribution in [0.15, 0.2) is 18.5 Å². The molecule has 2 rings (SSSR count). The Labute approximate surface area is 104 Å². The van der Waals surface area contributed by atoms with Crippen LogP contribution in [0.1, 0.15) is 33.1 Å². The van der Waals surface area contributed by atoms with Crippen LogP contribution in [-0.2, 0) is 0 Å². The largest absolute Gasteiger partial charge is 0.340 e. The predicted octanol–water partition coefficient (Wildman–Crippen LogP) is 2.08. The molecule has 96 valence electrons. The lowest BCUT2D eigenvalue weighted by atomic mass is 10.4. The van der Waals surface area contributed by atoms with E-state index in [1.54, 1.807) is 12.4 Å². The molecular weight excluding hydrogens is 212 g/mol. The average Bonchev–Trinajstić information content (AvgIpc) is 2.69. The summed E-state index contributed by atoms with van der Waals surface area (Å²) in [6.07, 6.45) is 7.39. The van der Waals surface area contributed by atoms with Crippen molar-refractivity contribution in [1.29, 1.82) is 0 Å². The minimum atomic E-state index is 0.853. The predicted molar refractivity (Wildman–Crippen MR) is 72.3 cm³/mol. The van der Waals surface area contributed by atoms with Crippen molar-refractivity contribution in [2.24, 2.45) is 0 Å². The molecule has 0 aromatic carbocycles. The van der Waals surface area contributed by atoms with E-state index < -0.39 is 0 Å². The molecule has 0 saturated carbocycles. The van der Waals surface area contributed by atoms with Crippen LogP contribution in [0.4, 0.5) is 5.95 Å². The SMILES string of the molecule is CCCC.c1cnc(N2CCCNCC2)nc1. The van der Waals surface area contributed by atoms with E-state index in [0.29, 0.717) is 0 Å². The maximum atomic E-state index is 4.23. The van der Waals surface area contributed by atoms with Crippen molar-refractivity contribution >= 4 is 5.95 Å². The van der Waals surface area contributed by atoms with Gasteiger partial charge in [0.05, 0.1) is 0 Å². The lowest BCUT2D eigenvalue weighted by Crippen LogP contribution is -2.29. The molecular formula is C13H24N4. The Morgan fingerprint density at radius 3 is 2.47 bits per heavy atom. The first kappa shape index (κ1) is 13.9. The zero-order valence-corrected chi connectivity index (χ0v) is 11.0. The van der Waals surface area contributed by atoms with E-state index in [1.165, 1.54) is 12.8 Å². The molecule has 0 aliphatic carbocycles. The van der Waals surface area contributed by atoms with Crippen molar-refractivity contribution < 1.29 is 0 Å². The molecule has 17 heavy (non-hydrogen) atoms. The van der Waals surface area contributed by atoms with Crippen LogP contribution in [0.3, 0.4) is 0 Å². The number of aromatic nitrogens is 2. The second-order valence-corrected chi connectivity index (χ2v) is 4.14. The maximum absolute atomic E-state index is 4.23. The zero-order valence-electron chi connectivity index (χ0n) is 11.0. The van der Waals surface area contributed by atoms with Crippen molar-refractivity contribution in [3.63, 3.8) is 0 Å². The molecule has 0 amide bonds. The summed E-state index contributed by atoms with van der Waals surface area (Å²) in [7, 11) is 0. The Kier molecular flexibility index (Phi) is 7.30. The summed E-state index contributed by atoms with van der Waals surface area (Å²) < 4.78 is 0. The second-order valence-electron chi connectivity index (χ2n) is 4.14. The summed E-state index contributed by atoms with van der Waals surface area (Å²) in [6, 6.07) is 1.85. The summed E-state index contributed by atoms with van der Waals surface area (Å²) in [6.45, 7) is 8.54. The molecule has 1 fully saturated rings. The number of nitrogens with zero attached hydrogens (tertiary/aromatic N) is 3. The highest BCUT2D eigenvalue weighted by Crippen LogP contribution is 2.06. The van der Waals surface area contributed by atoms with Crippen LogP contribution in [0.2, 0.25) is 0 Å². The third kappa shape index (κ3) is 5.63. The van der Waals surface area contributed by atoms with Gasteiger partial charge in [-0.05, 0) is 19.0 Å². The highest BCUT2D eigenvalue weighted by atomic mass is 15.3. The zero-order chi connectivity index (χ0) is 12.3. The summed E-state index contributed by atoms with van der Waals surface area (Å²) in [4.78, 5) is 10.7. The van der Waals surface area contributed by atoms with Crippen molar-refractivity contribution in [1.82, 2.24) is 15.3 Å². The van der Waals surface area contributed by atoms with E-state index in [4.69, 9.17) is 0 Å². The van der Waals surface area contributed by atoms with Gasteiger partial charge in [-0.2, -0.15) is 0 Å². The number of hydrogen-bond acceptors (Lipinski definition) is 4. The molecule has 4 nitrogen and oxygen atoms in total. The Morgan fingerprint density at radius 2 is 1.82 bits per heavy atom. The van der Waals surface area contributed by atoms with Gasteiger partial charge in [0.1, 0.15) is 0 Å². The molecule has 0 unspecified atom stereocenters. The number of nitrogens with one attached hydrogen (secondary N) is 1. The van der Waals surface area contributed by atoms with E-state index in [1.807, 2.05) is 6.07 Å². The molecule has 0 atom stereocenters. The Bertz CT molecular complexity index is 266. The molecule has 0 spiro atoms. The molecule has 1 aliphatic heterocycles. The van der Waals surface area contributed by atoms with Crippen LogP contribution < -0.4 is 10.2 Å². The van der Waals surface area contributed by atoms with Gasteiger partial charge in [-0.15, -0.1) is 0 Å². The number of rotatable bonds is 2. The summed E-state index contributed by atoms with van der Waals surface area (Å²) in [5, 5.41) is 3.35. The van der Waals surface area contributed by atoms with Gasteiger partial charge in [-0.3, -0.25) is 0 Å². The Hall–Kier alpha value is -1.16. The van der Waals surface area contributed by atoms with Gasteiger partial charge in [-0.25, -0.2) is 9.97 Å². The molecule has 0 bridgehead atoms. The van der Waals surface area contributed by atoms with E-state index in [9.17, 15) is 0 Å². The van der Waals surface area contributed by atoms with Gasteiger partial charge in [0.2, 0.25) is 5.95 Å². The average molecular weight is 236 g/mol. The van der Waals surface area contributed by atoms with Gasteiger partial charge in [0.25, 0.3) is 0 Å². The minimum absolute atomic E-state index is 0.853. The number of anilines is 1. The van der Waals surface area contributed by atoms with E-state index >= 15 is 0 Å². The normalized spacial score (nSPS) is 15.8. The van der Waals surface area contributed by atoms with Crippen molar-refractivity contribution in [3.8, 4) is 0 Å². The fourth-order valence-corrected chi connectivity index (χ4v) is 1.50. The summed E-state index contributed by atoms with van der Waals surface area (Å²) >= 11 is 0. The topological polar surface area (TPSA) is 41.1 Å². The molecule has 1 aromatic rings. The first-order chi connectivity index (χ1) is 8.38. The highest BCUT2D eigenvalue weighted by molar-refractivity contribution is 5.28. The van der Waals surface area contributed by atoms with Crippen LogP contribution in [0.25, 0.3) is 0 Å². The molecule has 4 heteroatoms. The first-order valence-corrected chi connectivity index (χ1v) is 6.61. The molecule has 1 aromatic heterocycles.